The van der Waals surface area contributed by atoms with Crippen LogP contribution in [0.4, 0.5) is 0 Å². The standard InChI is InChI=1S/C13H26N2OS/c1-13(15-2,12(14)16)8-5-9-17-10-11-6-3-4-7-11/h11,15H,3-10H2,1-2H3,(H2,14,16). The molecule has 1 unspecified atom stereocenters. The Hall–Kier alpha value is -0.220. The molecule has 1 atom stereocenters. The van der Waals surface area contributed by atoms with Crippen molar-refractivity contribution in [2.45, 2.75) is 51.0 Å². The second kappa shape index (κ2) is 7.27. The van der Waals surface area contributed by atoms with Crippen LogP contribution in [-0.4, -0.2) is 30.0 Å². The van der Waals surface area contributed by atoms with Crippen LogP contribution in [0.15, 0.2) is 0 Å². The lowest BCUT2D eigenvalue weighted by molar-refractivity contribution is -0.123. The van der Waals surface area contributed by atoms with Crippen molar-refractivity contribution in [1.29, 1.82) is 0 Å². The van der Waals surface area contributed by atoms with E-state index in [1.807, 2.05) is 18.7 Å². The van der Waals surface area contributed by atoms with Gasteiger partial charge in [-0.05, 0) is 57.1 Å². The number of hydrogen-bond acceptors (Lipinski definition) is 3. The van der Waals surface area contributed by atoms with Crippen molar-refractivity contribution in [3.63, 3.8) is 0 Å². The van der Waals surface area contributed by atoms with Gasteiger partial charge in [0.1, 0.15) is 0 Å². The maximum absolute atomic E-state index is 11.3. The van der Waals surface area contributed by atoms with Crippen LogP contribution in [-0.2, 0) is 4.79 Å². The Bertz CT molecular complexity index is 242. The van der Waals surface area contributed by atoms with Crippen LogP contribution in [0, 0.1) is 5.92 Å². The molecule has 4 heteroatoms. The van der Waals surface area contributed by atoms with Gasteiger partial charge < -0.3 is 11.1 Å². The molecule has 1 aliphatic rings. The number of nitrogens with two attached hydrogens (primary N) is 1. The summed E-state index contributed by atoms with van der Waals surface area (Å²) in [7, 11) is 1.80. The summed E-state index contributed by atoms with van der Waals surface area (Å²) >= 11 is 2.03. The Morgan fingerprint density at radius 3 is 2.65 bits per heavy atom. The van der Waals surface area contributed by atoms with Gasteiger partial charge in [0, 0.05) is 0 Å². The molecule has 1 fully saturated rings. The Kier molecular flexibility index (Phi) is 6.34. The monoisotopic (exact) mass is 258 g/mol. The van der Waals surface area contributed by atoms with E-state index < -0.39 is 5.54 Å². The van der Waals surface area contributed by atoms with Crippen LogP contribution >= 0.6 is 11.8 Å². The van der Waals surface area contributed by atoms with Crippen LogP contribution in [0.1, 0.15) is 45.4 Å². The highest BCUT2D eigenvalue weighted by atomic mass is 32.2. The maximum atomic E-state index is 11.3. The predicted molar refractivity (Wildman–Crippen MR) is 75.2 cm³/mol. The smallest absolute Gasteiger partial charge is 0.237 e. The van der Waals surface area contributed by atoms with Gasteiger partial charge in [-0.25, -0.2) is 0 Å². The highest BCUT2D eigenvalue weighted by molar-refractivity contribution is 7.99. The van der Waals surface area contributed by atoms with Crippen LogP contribution in [0.5, 0.6) is 0 Å². The molecule has 3 N–H and O–H groups in total. The van der Waals surface area contributed by atoms with Gasteiger partial charge in [-0.15, -0.1) is 0 Å². The van der Waals surface area contributed by atoms with Crippen molar-refractivity contribution < 1.29 is 4.79 Å². The van der Waals surface area contributed by atoms with Gasteiger partial charge in [-0.2, -0.15) is 11.8 Å². The summed E-state index contributed by atoms with van der Waals surface area (Å²) in [6.07, 6.45) is 7.56. The Morgan fingerprint density at radius 2 is 2.12 bits per heavy atom. The lowest BCUT2D eigenvalue weighted by Crippen LogP contribution is -2.51. The number of thioether (sulfide) groups is 1. The van der Waals surface area contributed by atoms with Crippen molar-refractivity contribution in [3.8, 4) is 0 Å². The van der Waals surface area contributed by atoms with Crippen molar-refractivity contribution in [3.05, 3.63) is 0 Å². The molecule has 0 bridgehead atoms. The van der Waals surface area contributed by atoms with Crippen molar-refractivity contribution in [1.82, 2.24) is 5.32 Å². The number of primary amides is 1. The minimum absolute atomic E-state index is 0.249. The van der Waals surface area contributed by atoms with E-state index in [2.05, 4.69) is 5.32 Å². The van der Waals surface area contributed by atoms with E-state index in [0.717, 1.165) is 24.5 Å². The molecule has 100 valence electrons. The van der Waals surface area contributed by atoms with Gasteiger partial charge in [0.25, 0.3) is 0 Å². The van der Waals surface area contributed by atoms with Gasteiger partial charge in [0.15, 0.2) is 0 Å². The zero-order valence-electron chi connectivity index (χ0n) is 11.1. The van der Waals surface area contributed by atoms with E-state index in [1.165, 1.54) is 31.4 Å². The van der Waals surface area contributed by atoms with Gasteiger partial charge in [0.05, 0.1) is 5.54 Å². The second-order valence-electron chi connectivity index (χ2n) is 5.28. The highest BCUT2D eigenvalue weighted by Crippen LogP contribution is 2.28. The summed E-state index contributed by atoms with van der Waals surface area (Å²) in [5.74, 6) is 3.14. The molecule has 0 aromatic carbocycles. The number of hydrogen-bond donors (Lipinski definition) is 2. The Balaban J connectivity index is 2.08. The Labute approximate surface area is 109 Å². The summed E-state index contributed by atoms with van der Waals surface area (Å²) in [6.45, 7) is 1.89. The van der Waals surface area contributed by atoms with E-state index >= 15 is 0 Å². The highest BCUT2D eigenvalue weighted by Gasteiger charge is 2.27. The average molecular weight is 258 g/mol. The number of carbonyl (C=O) groups excluding carboxylic acids is 1. The van der Waals surface area contributed by atoms with Gasteiger partial charge in [-0.1, -0.05) is 12.8 Å². The molecule has 1 amide bonds. The van der Waals surface area contributed by atoms with E-state index in [0.29, 0.717) is 0 Å². The number of carbonyl (C=O) groups is 1. The first-order valence-corrected chi connectivity index (χ1v) is 7.80. The molecule has 3 nitrogen and oxygen atoms in total. The first-order valence-electron chi connectivity index (χ1n) is 6.65. The SMILES string of the molecule is CNC(C)(CCCSCC1CCCC1)C(N)=O. The molecule has 1 aliphatic carbocycles. The third kappa shape index (κ3) is 4.88. The van der Waals surface area contributed by atoms with Gasteiger partial charge >= 0.3 is 0 Å². The molecule has 17 heavy (non-hydrogen) atoms. The van der Waals surface area contributed by atoms with E-state index in [4.69, 9.17) is 5.73 Å². The number of likely N-dealkylation sites (N-methyl/N-ethyl adjacent to an activating group) is 1. The molecule has 0 spiro atoms. The molecule has 0 aliphatic heterocycles. The number of amides is 1. The Morgan fingerprint density at radius 1 is 1.47 bits per heavy atom. The van der Waals surface area contributed by atoms with Crippen LogP contribution in [0.2, 0.25) is 0 Å². The van der Waals surface area contributed by atoms with E-state index in [1.54, 1.807) is 7.05 Å². The molecule has 0 radical (unpaired) electrons. The molecule has 1 saturated carbocycles. The lowest BCUT2D eigenvalue weighted by atomic mass is 9.96. The zero-order valence-corrected chi connectivity index (χ0v) is 11.9. The molecule has 1 rings (SSSR count). The fraction of sp³-hybridized carbons (Fsp3) is 0.923. The summed E-state index contributed by atoms with van der Waals surface area (Å²) in [4.78, 5) is 11.3. The summed E-state index contributed by atoms with van der Waals surface area (Å²) in [5, 5.41) is 3.03. The third-order valence-corrected chi connectivity index (χ3v) is 5.17. The minimum Gasteiger partial charge on any atom is -0.368 e. The number of nitrogens with one attached hydrogen (secondary N) is 1. The molecular weight excluding hydrogens is 232 g/mol. The zero-order chi connectivity index (χ0) is 12.7. The third-order valence-electron chi connectivity index (χ3n) is 3.89. The molecule has 0 aromatic heterocycles. The largest absolute Gasteiger partial charge is 0.368 e. The van der Waals surface area contributed by atoms with Crippen molar-refractivity contribution in [2.24, 2.45) is 11.7 Å². The normalized spacial score (nSPS) is 20.4. The first kappa shape index (κ1) is 14.8. The quantitative estimate of drug-likeness (QED) is 0.656. The lowest BCUT2D eigenvalue weighted by Gasteiger charge is -2.25. The van der Waals surface area contributed by atoms with Gasteiger partial charge in [0.2, 0.25) is 5.91 Å². The fourth-order valence-corrected chi connectivity index (χ4v) is 3.51. The van der Waals surface area contributed by atoms with E-state index in [9.17, 15) is 4.79 Å². The summed E-state index contributed by atoms with van der Waals surface area (Å²) < 4.78 is 0. The topological polar surface area (TPSA) is 55.1 Å². The summed E-state index contributed by atoms with van der Waals surface area (Å²) in [5.41, 5.74) is 4.85. The fourth-order valence-electron chi connectivity index (χ4n) is 2.33. The first-order chi connectivity index (χ1) is 8.08. The van der Waals surface area contributed by atoms with E-state index in [-0.39, 0.29) is 5.91 Å². The van der Waals surface area contributed by atoms with Crippen molar-refractivity contribution in [2.75, 3.05) is 18.6 Å². The minimum atomic E-state index is -0.534. The van der Waals surface area contributed by atoms with Gasteiger partial charge in [-0.3, -0.25) is 4.79 Å². The molecule has 0 saturated heterocycles. The second-order valence-corrected chi connectivity index (χ2v) is 6.43. The predicted octanol–water partition coefficient (Wildman–Crippen LogP) is 2.15. The van der Waals surface area contributed by atoms with Crippen molar-refractivity contribution >= 4 is 17.7 Å². The molecular formula is C13H26N2OS. The van der Waals surface area contributed by atoms with Crippen LogP contribution in [0.3, 0.4) is 0 Å². The van der Waals surface area contributed by atoms with Crippen LogP contribution < -0.4 is 11.1 Å². The number of rotatable bonds is 8. The van der Waals surface area contributed by atoms with Crippen LogP contribution in [0.25, 0.3) is 0 Å². The maximum Gasteiger partial charge on any atom is 0.237 e. The average Bonchev–Trinajstić information content (AvgIpc) is 2.81. The molecule has 0 aromatic rings. The molecule has 0 heterocycles. The summed E-state index contributed by atoms with van der Waals surface area (Å²) in [6, 6.07) is 0.